The van der Waals surface area contributed by atoms with E-state index in [0.29, 0.717) is 38.9 Å². The van der Waals surface area contributed by atoms with Gasteiger partial charge in [0.15, 0.2) is 0 Å². The average molecular weight is 384 g/mol. The maximum absolute atomic E-state index is 13.4. The van der Waals surface area contributed by atoms with Crippen molar-refractivity contribution in [1.82, 2.24) is 10.2 Å². The summed E-state index contributed by atoms with van der Waals surface area (Å²) < 4.78 is 18.7. The highest BCUT2D eigenvalue weighted by Crippen LogP contribution is 2.21. The van der Waals surface area contributed by atoms with Crippen LogP contribution in [-0.2, 0) is 22.6 Å². The molecule has 1 heterocycles. The Labute approximate surface area is 164 Å². The lowest BCUT2D eigenvalue weighted by Crippen LogP contribution is -2.45. The van der Waals surface area contributed by atoms with Crippen molar-refractivity contribution in [1.29, 1.82) is 0 Å². The molecule has 2 aromatic carbocycles. The monoisotopic (exact) mass is 384 g/mol. The van der Waals surface area contributed by atoms with Gasteiger partial charge in [0, 0.05) is 26.1 Å². The number of hydrogen-bond donors (Lipinski definition) is 1. The SMILES string of the molecule is COc1ccccc1CCNC(=O)[C@H]1CCC(=O)N(Cc2cccc(F)c2)C1. The van der Waals surface area contributed by atoms with E-state index in [0.717, 1.165) is 16.9 Å². The number of methoxy groups -OCH3 is 1. The Hall–Kier alpha value is -2.89. The molecule has 1 aliphatic heterocycles. The van der Waals surface area contributed by atoms with E-state index in [2.05, 4.69) is 5.32 Å². The number of amides is 2. The first-order valence-electron chi connectivity index (χ1n) is 9.48. The number of hydrogen-bond acceptors (Lipinski definition) is 3. The predicted molar refractivity (Wildman–Crippen MR) is 104 cm³/mol. The van der Waals surface area contributed by atoms with Crippen LogP contribution in [0.1, 0.15) is 24.0 Å². The smallest absolute Gasteiger partial charge is 0.224 e. The van der Waals surface area contributed by atoms with Crippen LogP contribution in [0.25, 0.3) is 0 Å². The second-order valence-electron chi connectivity index (χ2n) is 6.99. The third-order valence-electron chi connectivity index (χ3n) is 5.02. The van der Waals surface area contributed by atoms with Crippen molar-refractivity contribution in [3.8, 4) is 5.75 Å². The summed E-state index contributed by atoms with van der Waals surface area (Å²) in [5, 5.41) is 2.97. The largest absolute Gasteiger partial charge is 0.496 e. The molecule has 1 N–H and O–H groups in total. The fraction of sp³-hybridized carbons (Fsp3) is 0.364. The van der Waals surface area contributed by atoms with Crippen molar-refractivity contribution in [3.63, 3.8) is 0 Å². The van der Waals surface area contributed by atoms with Crippen molar-refractivity contribution in [2.45, 2.75) is 25.8 Å². The molecule has 148 valence electrons. The van der Waals surface area contributed by atoms with Gasteiger partial charge in [0.05, 0.1) is 13.0 Å². The molecule has 1 fully saturated rings. The van der Waals surface area contributed by atoms with E-state index in [1.54, 1.807) is 24.1 Å². The van der Waals surface area contributed by atoms with Gasteiger partial charge >= 0.3 is 0 Å². The highest BCUT2D eigenvalue weighted by atomic mass is 19.1. The zero-order valence-corrected chi connectivity index (χ0v) is 16.0. The topological polar surface area (TPSA) is 58.6 Å². The lowest BCUT2D eigenvalue weighted by molar-refractivity contribution is -0.138. The summed E-state index contributed by atoms with van der Waals surface area (Å²) in [6, 6.07) is 13.9. The van der Waals surface area contributed by atoms with Crippen LogP contribution in [0.2, 0.25) is 0 Å². The third-order valence-corrected chi connectivity index (χ3v) is 5.02. The molecule has 0 unspecified atom stereocenters. The standard InChI is InChI=1S/C22H25FN2O3/c1-28-20-8-3-2-6-17(20)11-12-24-22(27)18-9-10-21(26)25(15-18)14-16-5-4-7-19(23)13-16/h2-8,13,18H,9-12,14-15H2,1H3,(H,24,27)/t18-/m0/s1. The van der Waals surface area contributed by atoms with Crippen LogP contribution in [-0.4, -0.2) is 36.9 Å². The number of para-hydroxylation sites is 1. The summed E-state index contributed by atoms with van der Waals surface area (Å²) in [6.45, 7) is 1.19. The van der Waals surface area contributed by atoms with Gasteiger partial charge in [0.25, 0.3) is 0 Å². The zero-order chi connectivity index (χ0) is 19.9. The van der Waals surface area contributed by atoms with Crippen molar-refractivity contribution in [2.75, 3.05) is 20.2 Å². The number of carbonyl (C=O) groups is 2. The zero-order valence-electron chi connectivity index (χ0n) is 16.0. The van der Waals surface area contributed by atoms with E-state index in [4.69, 9.17) is 4.74 Å². The van der Waals surface area contributed by atoms with E-state index in [1.807, 2.05) is 24.3 Å². The number of carbonyl (C=O) groups excluding carboxylic acids is 2. The highest BCUT2D eigenvalue weighted by molar-refractivity contribution is 5.83. The molecule has 0 bridgehead atoms. The Morgan fingerprint density at radius 1 is 1.25 bits per heavy atom. The number of piperidine rings is 1. The number of nitrogens with zero attached hydrogens (tertiary/aromatic N) is 1. The Balaban J connectivity index is 1.53. The summed E-state index contributed by atoms with van der Waals surface area (Å²) in [5.41, 5.74) is 1.77. The molecular formula is C22H25FN2O3. The van der Waals surface area contributed by atoms with Gasteiger partial charge in [-0.2, -0.15) is 0 Å². The maximum Gasteiger partial charge on any atom is 0.224 e. The molecular weight excluding hydrogens is 359 g/mol. The summed E-state index contributed by atoms with van der Waals surface area (Å²) in [6.07, 6.45) is 1.55. The molecule has 2 amide bonds. The van der Waals surface area contributed by atoms with Gasteiger partial charge in [-0.15, -0.1) is 0 Å². The minimum absolute atomic E-state index is 0.00216. The van der Waals surface area contributed by atoms with Crippen molar-refractivity contribution in [3.05, 3.63) is 65.5 Å². The van der Waals surface area contributed by atoms with E-state index in [9.17, 15) is 14.0 Å². The number of nitrogens with one attached hydrogen (secondary N) is 1. The molecule has 28 heavy (non-hydrogen) atoms. The molecule has 0 aromatic heterocycles. The van der Waals surface area contributed by atoms with E-state index < -0.39 is 0 Å². The molecule has 3 rings (SSSR count). The van der Waals surface area contributed by atoms with Gasteiger partial charge in [-0.05, 0) is 42.2 Å². The lowest BCUT2D eigenvalue weighted by atomic mass is 9.96. The van der Waals surface area contributed by atoms with Crippen LogP contribution in [0.15, 0.2) is 48.5 Å². The molecule has 2 aromatic rings. The van der Waals surface area contributed by atoms with E-state index in [1.165, 1.54) is 12.1 Å². The Bertz CT molecular complexity index is 840. The molecule has 0 radical (unpaired) electrons. The second-order valence-corrected chi connectivity index (χ2v) is 6.99. The van der Waals surface area contributed by atoms with Gasteiger partial charge in [-0.25, -0.2) is 4.39 Å². The number of rotatable bonds is 7. The van der Waals surface area contributed by atoms with Gasteiger partial charge in [0.2, 0.25) is 11.8 Å². The van der Waals surface area contributed by atoms with Crippen LogP contribution in [0.5, 0.6) is 5.75 Å². The summed E-state index contributed by atoms with van der Waals surface area (Å²) in [7, 11) is 1.63. The third kappa shape index (κ3) is 5.09. The Morgan fingerprint density at radius 3 is 2.86 bits per heavy atom. The van der Waals surface area contributed by atoms with Crippen molar-refractivity contribution >= 4 is 11.8 Å². The highest BCUT2D eigenvalue weighted by Gasteiger charge is 2.30. The first kappa shape index (κ1) is 19.9. The van der Waals surface area contributed by atoms with Crippen LogP contribution >= 0.6 is 0 Å². The first-order valence-corrected chi connectivity index (χ1v) is 9.48. The lowest BCUT2D eigenvalue weighted by Gasteiger charge is -2.32. The predicted octanol–water partition coefficient (Wildman–Crippen LogP) is 2.93. The number of benzene rings is 2. The van der Waals surface area contributed by atoms with E-state index in [-0.39, 0.29) is 23.5 Å². The molecule has 0 spiro atoms. The van der Waals surface area contributed by atoms with Crippen LogP contribution in [0.3, 0.4) is 0 Å². The Kier molecular flexibility index (Phi) is 6.63. The van der Waals surface area contributed by atoms with Gasteiger partial charge in [-0.1, -0.05) is 30.3 Å². The van der Waals surface area contributed by atoms with Crippen molar-refractivity contribution in [2.24, 2.45) is 5.92 Å². The number of halogens is 1. The summed E-state index contributed by atoms with van der Waals surface area (Å²) in [4.78, 5) is 26.4. The molecule has 0 aliphatic carbocycles. The number of ether oxygens (including phenoxy) is 1. The van der Waals surface area contributed by atoms with Crippen LogP contribution in [0.4, 0.5) is 4.39 Å². The fourth-order valence-electron chi connectivity index (χ4n) is 3.51. The van der Waals surface area contributed by atoms with Crippen LogP contribution in [0, 0.1) is 11.7 Å². The molecule has 0 saturated carbocycles. The van der Waals surface area contributed by atoms with Crippen molar-refractivity contribution < 1.29 is 18.7 Å². The maximum atomic E-state index is 13.4. The van der Waals surface area contributed by atoms with E-state index >= 15 is 0 Å². The second kappa shape index (κ2) is 9.35. The quantitative estimate of drug-likeness (QED) is 0.799. The average Bonchev–Trinajstić information content (AvgIpc) is 2.70. The first-order chi connectivity index (χ1) is 13.6. The Morgan fingerprint density at radius 2 is 2.07 bits per heavy atom. The van der Waals surface area contributed by atoms with Crippen LogP contribution < -0.4 is 10.1 Å². The van der Waals surface area contributed by atoms with Gasteiger partial charge < -0.3 is 15.0 Å². The molecule has 6 heteroatoms. The molecule has 1 saturated heterocycles. The summed E-state index contributed by atoms with van der Waals surface area (Å²) >= 11 is 0. The molecule has 5 nitrogen and oxygen atoms in total. The molecule has 1 atom stereocenters. The fourth-order valence-corrected chi connectivity index (χ4v) is 3.51. The summed E-state index contributed by atoms with van der Waals surface area (Å²) in [5.74, 6) is 0.187. The normalized spacial score (nSPS) is 16.7. The van der Waals surface area contributed by atoms with Gasteiger partial charge in [-0.3, -0.25) is 9.59 Å². The number of likely N-dealkylation sites (tertiary alicyclic amines) is 1. The minimum Gasteiger partial charge on any atom is -0.496 e. The minimum atomic E-state index is -0.326. The van der Waals surface area contributed by atoms with Gasteiger partial charge in [0.1, 0.15) is 11.6 Å². The molecule has 1 aliphatic rings.